The smallest absolute Gasteiger partial charge is 0.217 e. The third-order valence-corrected chi connectivity index (χ3v) is 8.31. The van der Waals surface area contributed by atoms with Crippen molar-refractivity contribution in [2.24, 2.45) is 0 Å². The van der Waals surface area contributed by atoms with Crippen LogP contribution in [0.2, 0.25) is 0 Å². The average molecular weight is 493 g/mol. The summed E-state index contributed by atoms with van der Waals surface area (Å²) in [5.41, 5.74) is 9.09. The van der Waals surface area contributed by atoms with Crippen LogP contribution in [0, 0.1) is 11.3 Å². The molecule has 0 radical (unpaired) electrons. The van der Waals surface area contributed by atoms with E-state index in [-0.39, 0.29) is 6.10 Å². The topological polar surface area (TPSA) is 114 Å². The van der Waals surface area contributed by atoms with Gasteiger partial charge in [-0.3, -0.25) is 4.90 Å². The number of nitrogens with two attached hydrogens (primary N) is 1. The van der Waals surface area contributed by atoms with Crippen molar-refractivity contribution in [2.45, 2.75) is 76.9 Å². The van der Waals surface area contributed by atoms with Crippen molar-refractivity contribution < 1.29 is 9.26 Å². The van der Waals surface area contributed by atoms with Gasteiger partial charge in [0, 0.05) is 28.7 Å². The highest BCUT2D eigenvalue weighted by atomic mass is 32.1. The summed E-state index contributed by atoms with van der Waals surface area (Å²) >= 11 is 1.49. The van der Waals surface area contributed by atoms with E-state index in [4.69, 9.17) is 20.0 Å². The zero-order chi connectivity index (χ0) is 24.4. The molecule has 0 amide bonds. The van der Waals surface area contributed by atoms with Crippen LogP contribution in [-0.4, -0.2) is 45.8 Å². The second-order valence-corrected chi connectivity index (χ2v) is 10.7. The fourth-order valence-corrected chi connectivity index (χ4v) is 6.43. The molecule has 5 rings (SSSR count). The van der Waals surface area contributed by atoms with Gasteiger partial charge in [0.15, 0.2) is 17.3 Å². The normalized spacial score (nSPS) is 19.9. The molecule has 0 saturated carbocycles. The quantitative estimate of drug-likeness (QED) is 0.527. The summed E-state index contributed by atoms with van der Waals surface area (Å²) in [4.78, 5) is 12.7. The second-order valence-electron chi connectivity index (χ2n) is 9.59. The largest absolute Gasteiger partial charge is 0.473 e. The Balaban J connectivity index is 1.52. The minimum atomic E-state index is 0.0220. The van der Waals surface area contributed by atoms with Crippen molar-refractivity contribution in [3.8, 4) is 34.8 Å². The summed E-state index contributed by atoms with van der Waals surface area (Å²) in [6.45, 7) is 3.19. The van der Waals surface area contributed by atoms with Gasteiger partial charge in [-0.1, -0.05) is 24.4 Å². The number of aromatic nitrogens is 3. The summed E-state index contributed by atoms with van der Waals surface area (Å²) in [5, 5.41) is 14.8. The van der Waals surface area contributed by atoms with Gasteiger partial charge < -0.3 is 15.0 Å². The number of aryl methyl sites for hydroxylation is 1. The van der Waals surface area contributed by atoms with Crippen LogP contribution in [0.3, 0.4) is 0 Å². The van der Waals surface area contributed by atoms with Crippen LogP contribution in [0.4, 0.5) is 5.00 Å². The molecule has 0 bridgehead atoms. The lowest BCUT2D eigenvalue weighted by molar-refractivity contribution is 0.117. The van der Waals surface area contributed by atoms with E-state index in [9.17, 15) is 5.26 Å². The molecule has 8 nitrogen and oxygen atoms in total. The molecule has 2 atom stereocenters. The van der Waals surface area contributed by atoms with Crippen LogP contribution in [0.25, 0.3) is 22.8 Å². The molecule has 184 valence electrons. The standard InChI is InChI=1S/C26H32N6O2S/c1-16(19-10-8-14-32(19)2)33-21-12-13-29-26(30-21)23-17-9-6-4-3-5-7-11-20-22(24(17)34-31-23)18(15-27)25(28)35-20/h12-13,16,19H,3-11,14,28H2,1-2H3/t16-,19-/m0/s1. The lowest BCUT2D eigenvalue weighted by Gasteiger charge is -2.26. The molecule has 0 unspecified atom stereocenters. The van der Waals surface area contributed by atoms with Gasteiger partial charge in [0.2, 0.25) is 5.88 Å². The highest BCUT2D eigenvalue weighted by molar-refractivity contribution is 7.16. The number of nitrogen functional groups attached to an aromatic ring is 1. The van der Waals surface area contributed by atoms with Gasteiger partial charge in [0.1, 0.15) is 17.2 Å². The van der Waals surface area contributed by atoms with Crippen molar-refractivity contribution in [3.05, 3.63) is 28.3 Å². The van der Waals surface area contributed by atoms with Gasteiger partial charge in [-0.2, -0.15) is 10.2 Å². The van der Waals surface area contributed by atoms with E-state index in [0.717, 1.165) is 61.1 Å². The molecule has 2 aliphatic rings. The van der Waals surface area contributed by atoms with E-state index in [0.29, 0.717) is 39.8 Å². The summed E-state index contributed by atoms with van der Waals surface area (Å²) in [5.74, 6) is 1.66. The molecule has 0 aromatic carbocycles. The van der Waals surface area contributed by atoms with Gasteiger partial charge in [-0.15, -0.1) is 11.3 Å². The van der Waals surface area contributed by atoms with Crippen molar-refractivity contribution in [1.82, 2.24) is 20.0 Å². The van der Waals surface area contributed by atoms with E-state index >= 15 is 0 Å². The summed E-state index contributed by atoms with van der Waals surface area (Å²) in [6, 6.07) is 4.47. The maximum absolute atomic E-state index is 9.86. The lowest BCUT2D eigenvalue weighted by atomic mass is 9.98. The first kappa shape index (κ1) is 23.8. The number of ether oxygens (including phenoxy) is 1. The molecule has 1 aliphatic carbocycles. The van der Waals surface area contributed by atoms with Crippen LogP contribution in [0.1, 0.15) is 67.9 Å². The monoisotopic (exact) mass is 492 g/mol. The maximum atomic E-state index is 9.86. The number of fused-ring (bicyclic) bond motifs is 3. The highest BCUT2D eigenvalue weighted by Crippen LogP contribution is 2.43. The number of likely N-dealkylation sites (N-methyl/N-ethyl adjacent to an activating group) is 1. The Morgan fingerprint density at radius 1 is 1.23 bits per heavy atom. The third-order valence-electron chi connectivity index (χ3n) is 7.23. The van der Waals surface area contributed by atoms with E-state index in [2.05, 4.69) is 35.1 Å². The molecular weight excluding hydrogens is 460 g/mol. The highest BCUT2D eigenvalue weighted by Gasteiger charge is 2.30. The zero-order valence-electron chi connectivity index (χ0n) is 20.4. The second kappa shape index (κ2) is 10.3. The van der Waals surface area contributed by atoms with Crippen LogP contribution in [-0.2, 0) is 12.8 Å². The van der Waals surface area contributed by atoms with E-state index < -0.39 is 0 Å². The first-order valence-electron chi connectivity index (χ1n) is 12.6. The Bertz CT molecular complexity index is 1230. The number of anilines is 1. The Hall–Kier alpha value is -2.96. The molecule has 3 aromatic heterocycles. The Morgan fingerprint density at radius 3 is 2.80 bits per heavy atom. The number of hydrogen-bond acceptors (Lipinski definition) is 9. The fourth-order valence-electron chi connectivity index (χ4n) is 5.38. The number of nitrogens with zero attached hydrogens (tertiary/aromatic N) is 5. The molecule has 1 saturated heterocycles. The minimum absolute atomic E-state index is 0.0220. The zero-order valence-corrected chi connectivity index (χ0v) is 21.2. The average Bonchev–Trinajstić information content (AvgIpc) is 3.54. The molecule has 4 heterocycles. The van der Waals surface area contributed by atoms with Gasteiger partial charge in [0.05, 0.1) is 11.1 Å². The van der Waals surface area contributed by atoms with Gasteiger partial charge >= 0.3 is 0 Å². The number of nitriles is 1. The van der Waals surface area contributed by atoms with Crippen molar-refractivity contribution in [2.75, 3.05) is 19.3 Å². The number of thiophene rings is 1. The Labute approximate surface area is 210 Å². The molecule has 3 aromatic rings. The SMILES string of the molecule is C[C@H](Oc1ccnc(-c2noc3c2CCCCCCCc2sc(N)c(C#N)c2-3)n1)[C@@H]1CCCN1C. The lowest BCUT2D eigenvalue weighted by Crippen LogP contribution is -2.38. The summed E-state index contributed by atoms with van der Waals surface area (Å²) in [7, 11) is 2.14. The van der Waals surface area contributed by atoms with Gasteiger partial charge in [0.25, 0.3) is 0 Å². The van der Waals surface area contributed by atoms with Gasteiger partial charge in [-0.05, 0) is 59.0 Å². The van der Waals surface area contributed by atoms with Crippen molar-refractivity contribution >= 4 is 16.3 Å². The Kier molecular flexibility index (Phi) is 7.02. The summed E-state index contributed by atoms with van der Waals surface area (Å²) < 4.78 is 12.2. The number of hydrogen-bond donors (Lipinski definition) is 1. The fraction of sp³-hybridized carbons (Fsp3) is 0.538. The third kappa shape index (κ3) is 4.78. The van der Waals surface area contributed by atoms with Crippen LogP contribution >= 0.6 is 11.3 Å². The first-order chi connectivity index (χ1) is 17.1. The predicted octanol–water partition coefficient (Wildman–Crippen LogP) is 5.22. The molecule has 35 heavy (non-hydrogen) atoms. The molecule has 0 spiro atoms. The van der Waals surface area contributed by atoms with Crippen LogP contribution in [0.15, 0.2) is 16.8 Å². The number of rotatable bonds is 4. The van der Waals surface area contributed by atoms with E-state index in [1.807, 2.05) is 0 Å². The van der Waals surface area contributed by atoms with Crippen LogP contribution < -0.4 is 10.5 Å². The Morgan fingerprint density at radius 2 is 2.03 bits per heavy atom. The molecular formula is C26H32N6O2S. The van der Waals surface area contributed by atoms with Crippen molar-refractivity contribution in [1.29, 1.82) is 5.26 Å². The number of likely N-dealkylation sites (tertiary alicyclic amines) is 1. The summed E-state index contributed by atoms with van der Waals surface area (Å²) in [6.07, 6.45) is 11.3. The minimum Gasteiger partial charge on any atom is -0.473 e. The molecule has 1 fully saturated rings. The van der Waals surface area contributed by atoms with Gasteiger partial charge in [-0.25, -0.2) is 4.98 Å². The molecule has 2 N–H and O–H groups in total. The van der Waals surface area contributed by atoms with Crippen molar-refractivity contribution in [3.63, 3.8) is 0 Å². The maximum Gasteiger partial charge on any atom is 0.217 e. The van der Waals surface area contributed by atoms with E-state index in [1.54, 1.807) is 12.3 Å². The van der Waals surface area contributed by atoms with Crippen LogP contribution in [0.5, 0.6) is 5.88 Å². The first-order valence-corrected chi connectivity index (χ1v) is 13.4. The molecule has 1 aliphatic heterocycles. The van der Waals surface area contributed by atoms with E-state index in [1.165, 1.54) is 30.6 Å². The molecule has 9 heteroatoms. The predicted molar refractivity (Wildman–Crippen MR) is 136 cm³/mol.